The Balaban J connectivity index is 1.51. The number of unbranched alkanes of at least 4 members (excludes halogenated alkanes) is 4. The smallest absolute Gasteiger partial charge is 0.0314 e. The van der Waals surface area contributed by atoms with Crippen LogP contribution in [-0.4, -0.2) is 0 Å². The van der Waals surface area contributed by atoms with E-state index in [0.717, 1.165) is 11.4 Å². The minimum absolute atomic E-state index is 0.341. The van der Waals surface area contributed by atoms with Crippen LogP contribution in [0.1, 0.15) is 123 Å². The fourth-order valence-corrected chi connectivity index (χ4v) is 5.93. The molecule has 0 aliphatic heterocycles. The molecule has 4 N–H and O–H groups in total. The first-order valence-corrected chi connectivity index (χ1v) is 15.4. The van der Waals surface area contributed by atoms with Crippen molar-refractivity contribution in [1.29, 1.82) is 0 Å². The molecule has 0 radical (unpaired) electrons. The average Bonchev–Trinajstić information content (AvgIpc) is 2.99. The van der Waals surface area contributed by atoms with Gasteiger partial charge in [-0.3, -0.25) is 0 Å². The summed E-state index contributed by atoms with van der Waals surface area (Å²) in [5.41, 5.74) is 21.8. The zero-order valence-corrected chi connectivity index (χ0v) is 24.8. The summed E-state index contributed by atoms with van der Waals surface area (Å²) >= 11 is 0. The highest BCUT2D eigenvalue weighted by Gasteiger charge is 2.17. The second-order valence-corrected chi connectivity index (χ2v) is 11.5. The Bertz CT molecular complexity index is 1170. The van der Waals surface area contributed by atoms with Crippen LogP contribution in [0.25, 0.3) is 0 Å². The Hall–Kier alpha value is -3.52. The topological polar surface area (TPSA) is 52.0 Å². The van der Waals surface area contributed by atoms with Crippen LogP contribution in [0.3, 0.4) is 0 Å². The molecule has 4 aromatic rings. The van der Waals surface area contributed by atoms with Gasteiger partial charge in [-0.1, -0.05) is 132 Å². The average molecular weight is 533 g/mol. The SMILES string of the molecule is CCCCCC(c1ccc(N)cc1)c1ccc(C(C)c2ccc(C(CCCCC)c3ccc(N)cc3)cc2)cc1. The summed E-state index contributed by atoms with van der Waals surface area (Å²) in [4.78, 5) is 0. The molecule has 0 amide bonds. The lowest BCUT2D eigenvalue weighted by Gasteiger charge is -2.21. The highest BCUT2D eigenvalue weighted by Crippen LogP contribution is 2.35. The molecule has 0 saturated heterocycles. The number of benzene rings is 4. The van der Waals surface area contributed by atoms with Gasteiger partial charge in [-0.2, -0.15) is 0 Å². The summed E-state index contributed by atoms with van der Waals surface area (Å²) in [6.07, 6.45) is 9.84. The minimum atomic E-state index is 0.341. The van der Waals surface area contributed by atoms with Crippen molar-refractivity contribution in [2.75, 3.05) is 11.5 Å². The van der Waals surface area contributed by atoms with Crippen LogP contribution >= 0.6 is 0 Å². The monoisotopic (exact) mass is 532 g/mol. The van der Waals surface area contributed by atoms with E-state index in [-0.39, 0.29) is 0 Å². The van der Waals surface area contributed by atoms with Gasteiger partial charge in [-0.15, -0.1) is 0 Å². The lowest BCUT2D eigenvalue weighted by molar-refractivity contribution is 0.618. The molecule has 0 spiro atoms. The van der Waals surface area contributed by atoms with Crippen molar-refractivity contribution in [1.82, 2.24) is 0 Å². The lowest BCUT2D eigenvalue weighted by atomic mass is 9.83. The van der Waals surface area contributed by atoms with Gasteiger partial charge in [0.2, 0.25) is 0 Å². The van der Waals surface area contributed by atoms with Gasteiger partial charge >= 0.3 is 0 Å². The van der Waals surface area contributed by atoms with Crippen LogP contribution in [0.4, 0.5) is 11.4 Å². The largest absolute Gasteiger partial charge is 0.399 e. The number of anilines is 2. The van der Waals surface area contributed by atoms with Crippen LogP contribution in [0.2, 0.25) is 0 Å². The van der Waals surface area contributed by atoms with Gasteiger partial charge in [0.15, 0.2) is 0 Å². The van der Waals surface area contributed by atoms with Crippen molar-refractivity contribution in [2.24, 2.45) is 0 Å². The van der Waals surface area contributed by atoms with Gasteiger partial charge in [0.1, 0.15) is 0 Å². The third kappa shape index (κ3) is 7.78. The summed E-state index contributed by atoms with van der Waals surface area (Å²) in [5, 5.41) is 0. The van der Waals surface area contributed by atoms with Crippen LogP contribution in [0.15, 0.2) is 97.1 Å². The molecule has 0 aliphatic carbocycles. The van der Waals surface area contributed by atoms with Crippen LogP contribution in [0.5, 0.6) is 0 Å². The molecule has 2 unspecified atom stereocenters. The Labute approximate surface area is 242 Å². The maximum atomic E-state index is 5.98. The normalized spacial score (nSPS) is 13.6. The Morgan fingerprint density at radius 1 is 0.425 bits per heavy atom. The summed E-state index contributed by atoms with van der Waals surface area (Å²) in [6.45, 7) is 6.86. The molecular weight excluding hydrogens is 484 g/mol. The van der Waals surface area contributed by atoms with Gasteiger partial charge in [0, 0.05) is 29.1 Å². The quantitative estimate of drug-likeness (QED) is 0.125. The van der Waals surface area contributed by atoms with E-state index in [1.54, 1.807) is 0 Å². The maximum absolute atomic E-state index is 5.98. The number of nitrogens with two attached hydrogens (primary N) is 2. The van der Waals surface area contributed by atoms with E-state index in [9.17, 15) is 0 Å². The third-order valence-corrected chi connectivity index (χ3v) is 8.55. The first-order chi connectivity index (χ1) is 19.5. The van der Waals surface area contributed by atoms with Crippen molar-refractivity contribution in [2.45, 2.75) is 89.9 Å². The van der Waals surface area contributed by atoms with E-state index in [0.29, 0.717) is 17.8 Å². The molecule has 0 bridgehead atoms. The second-order valence-electron chi connectivity index (χ2n) is 11.5. The first kappa shape index (κ1) is 29.5. The van der Waals surface area contributed by atoms with E-state index in [1.807, 2.05) is 24.3 Å². The van der Waals surface area contributed by atoms with E-state index in [2.05, 4.69) is 93.6 Å². The van der Waals surface area contributed by atoms with Gasteiger partial charge < -0.3 is 11.5 Å². The van der Waals surface area contributed by atoms with E-state index in [1.165, 1.54) is 84.7 Å². The zero-order chi connectivity index (χ0) is 28.3. The number of rotatable bonds is 14. The van der Waals surface area contributed by atoms with Crippen molar-refractivity contribution < 1.29 is 0 Å². The Morgan fingerprint density at radius 3 is 1.00 bits per heavy atom. The Morgan fingerprint density at radius 2 is 0.700 bits per heavy atom. The van der Waals surface area contributed by atoms with Crippen LogP contribution in [-0.2, 0) is 0 Å². The molecular formula is C38H48N2. The fourth-order valence-electron chi connectivity index (χ4n) is 5.93. The number of hydrogen-bond donors (Lipinski definition) is 2. The summed E-state index contributed by atoms with van der Waals surface area (Å²) in [6, 6.07) is 35.6. The highest BCUT2D eigenvalue weighted by molar-refractivity contribution is 5.45. The summed E-state index contributed by atoms with van der Waals surface area (Å²) in [5.74, 6) is 1.16. The molecule has 0 heterocycles. The molecule has 2 heteroatoms. The molecule has 40 heavy (non-hydrogen) atoms. The Kier molecular flexibility index (Phi) is 10.9. The molecule has 2 atom stereocenters. The summed E-state index contributed by atoms with van der Waals surface area (Å²) < 4.78 is 0. The minimum Gasteiger partial charge on any atom is -0.399 e. The molecule has 210 valence electrons. The van der Waals surface area contributed by atoms with Gasteiger partial charge in [0.25, 0.3) is 0 Å². The predicted molar refractivity (Wildman–Crippen MR) is 174 cm³/mol. The molecule has 2 nitrogen and oxygen atoms in total. The molecule has 4 aromatic carbocycles. The van der Waals surface area contributed by atoms with E-state index < -0.39 is 0 Å². The van der Waals surface area contributed by atoms with Crippen molar-refractivity contribution in [3.05, 3.63) is 130 Å². The van der Waals surface area contributed by atoms with Crippen molar-refractivity contribution >= 4 is 11.4 Å². The zero-order valence-electron chi connectivity index (χ0n) is 24.8. The first-order valence-electron chi connectivity index (χ1n) is 15.4. The van der Waals surface area contributed by atoms with E-state index >= 15 is 0 Å². The lowest BCUT2D eigenvalue weighted by Crippen LogP contribution is -2.04. The molecule has 0 saturated carbocycles. The molecule has 0 aromatic heterocycles. The molecule has 0 aliphatic rings. The van der Waals surface area contributed by atoms with Gasteiger partial charge in [-0.05, 0) is 70.5 Å². The third-order valence-electron chi connectivity index (χ3n) is 8.55. The van der Waals surface area contributed by atoms with Crippen LogP contribution in [0, 0.1) is 0 Å². The van der Waals surface area contributed by atoms with Crippen LogP contribution < -0.4 is 11.5 Å². The van der Waals surface area contributed by atoms with Gasteiger partial charge in [-0.25, -0.2) is 0 Å². The van der Waals surface area contributed by atoms with Gasteiger partial charge in [0.05, 0.1) is 0 Å². The summed E-state index contributed by atoms with van der Waals surface area (Å²) in [7, 11) is 0. The molecule has 0 fully saturated rings. The number of hydrogen-bond acceptors (Lipinski definition) is 2. The maximum Gasteiger partial charge on any atom is 0.0314 e. The van der Waals surface area contributed by atoms with Crippen molar-refractivity contribution in [3.63, 3.8) is 0 Å². The van der Waals surface area contributed by atoms with Crippen molar-refractivity contribution in [3.8, 4) is 0 Å². The molecule has 4 rings (SSSR count). The number of nitrogen functional groups attached to an aromatic ring is 2. The standard InChI is InChI=1S/C38H48N2/c1-4-6-8-10-37(33-20-24-35(39)25-21-33)31-16-12-29(13-17-31)28(3)30-14-18-32(19-15-30)38(11-9-7-5-2)34-22-26-36(40)27-23-34/h12-28,37-38H,4-11,39-40H2,1-3H3. The van der Waals surface area contributed by atoms with E-state index in [4.69, 9.17) is 11.5 Å². The highest BCUT2D eigenvalue weighted by atomic mass is 14.5. The second kappa shape index (κ2) is 14.7. The fraction of sp³-hybridized carbons (Fsp3) is 0.368. The predicted octanol–water partition coefficient (Wildman–Crippen LogP) is 10.4.